The number of rotatable bonds is 14. The van der Waals surface area contributed by atoms with Crippen LogP contribution in [-0.2, 0) is 4.79 Å². The Bertz CT molecular complexity index is 1440. The summed E-state index contributed by atoms with van der Waals surface area (Å²) in [7, 11) is 3.55. The van der Waals surface area contributed by atoms with E-state index < -0.39 is 6.04 Å². The van der Waals surface area contributed by atoms with Crippen LogP contribution in [0.2, 0.25) is 0 Å². The number of carbonyl (C=O) groups excluding carboxylic acids is 2. The van der Waals surface area contributed by atoms with Gasteiger partial charge in [0, 0.05) is 51.8 Å². The minimum atomic E-state index is -0.430. The third-order valence-corrected chi connectivity index (χ3v) is 7.57. The van der Waals surface area contributed by atoms with E-state index in [-0.39, 0.29) is 23.7 Å². The molecule has 8 heteroatoms. The predicted octanol–water partition coefficient (Wildman–Crippen LogP) is 4.34. The molecule has 43 heavy (non-hydrogen) atoms. The van der Waals surface area contributed by atoms with Crippen LogP contribution < -0.4 is 21.3 Å². The maximum Gasteiger partial charge on any atom is 0.251 e. The lowest BCUT2D eigenvalue weighted by atomic mass is 9.90. The summed E-state index contributed by atoms with van der Waals surface area (Å²) >= 11 is 0. The highest BCUT2D eigenvalue weighted by Gasteiger charge is 2.25. The van der Waals surface area contributed by atoms with Crippen molar-refractivity contribution in [2.24, 2.45) is 0 Å². The molecule has 1 atom stereocenters. The van der Waals surface area contributed by atoms with Gasteiger partial charge in [0.15, 0.2) is 5.96 Å². The Hall–Kier alpha value is -4.69. The first-order valence-corrected chi connectivity index (χ1v) is 14.8. The molecule has 4 aromatic carbocycles. The van der Waals surface area contributed by atoms with E-state index in [1.807, 2.05) is 85.9 Å². The maximum atomic E-state index is 13.8. The first-order valence-electron chi connectivity index (χ1n) is 14.8. The van der Waals surface area contributed by atoms with Crippen LogP contribution in [0.25, 0.3) is 10.8 Å². The van der Waals surface area contributed by atoms with E-state index >= 15 is 0 Å². The molecule has 0 aliphatic heterocycles. The quantitative estimate of drug-likeness (QED) is 0.0869. The van der Waals surface area contributed by atoms with Crippen molar-refractivity contribution in [2.75, 3.05) is 40.3 Å². The summed E-state index contributed by atoms with van der Waals surface area (Å²) in [6, 6.07) is 33.7. The van der Waals surface area contributed by atoms with Gasteiger partial charge in [0.25, 0.3) is 5.91 Å². The number of amides is 2. The van der Waals surface area contributed by atoms with Crippen molar-refractivity contribution in [1.82, 2.24) is 26.2 Å². The molecule has 0 aliphatic carbocycles. The Morgan fingerprint density at radius 3 is 2.05 bits per heavy atom. The molecule has 0 heterocycles. The lowest BCUT2D eigenvalue weighted by Gasteiger charge is -2.29. The summed E-state index contributed by atoms with van der Waals surface area (Å²) < 4.78 is 0. The monoisotopic (exact) mass is 578 g/mol. The molecular weight excluding hydrogens is 536 g/mol. The van der Waals surface area contributed by atoms with Crippen LogP contribution in [0.1, 0.15) is 40.2 Å². The van der Waals surface area contributed by atoms with Crippen LogP contribution in [0.15, 0.2) is 103 Å². The molecule has 2 amide bonds. The van der Waals surface area contributed by atoms with Crippen LogP contribution in [0.5, 0.6) is 0 Å². The van der Waals surface area contributed by atoms with Crippen LogP contribution in [0.4, 0.5) is 0 Å². The number of benzene rings is 4. The lowest BCUT2D eigenvalue weighted by Crippen LogP contribution is -2.48. The van der Waals surface area contributed by atoms with Gasteiger partial charge in [-0.3, -0.25) is 15.0 Å². The fourth-order valence-corrected chi connectivity index (χ4v) is 5.18. The van der Waals surface area contributed by atoms with E-state index in [2.05, 4.69) is 45.5 Å². The number of fused-ring (bicyclic) bond motifs is 1. The van der Waals surface area contributed by atoms with Crippen molar-refractivity contribution >= 4 is 28.5 Å². The van der Waals surface area contributed by atoms with Crippen LogP contribution in [-0.4, -0.2) is 69.0 Å². The largest absolute Gasteiger partial charge is 0.360 e. The van der Waals surface area contributed by atoms with Crippen molar-refractivity contribution in [1.29, 1.82) is 5.41 Å². The van der Waals surface area contributed by atoms with Gasteiger partial charge in [-0.2, -0.15) is 0 Å². The second-order valence-electron chi connectivity index (χ2n) is 10.6. The number of hydrogen-bond donors (Lipinski definition) is 5. The topological polar surface area (TPSA) is 109 Å². The van der Waals surface area contributed by atoms with Gasteiger partial charge in [-0.25, -0.2) is 0 Å². The summed E-state index contributed by atoms with van der Waals surface area (Å²) in [5.74, 6) is 0.145. The van der Waals surface area contributed by atoms with Crippen LogP contribution in [0.3, 0.4) is 0 Å². The van der Waals surface area contributed by atoms with E-state index in [1.54, 1.807) is 11.9 Å². The minimum absolute atomic E-state index is 0.00131. The molecule has 8 nitrogen and oxygen atoms in total. The van der Waals surface area contributed by atoms with Gasteiger partial charge in [0.05, 0.1) is 6.04 Å². The second kappa shape index (κ2) is 16.1. The average Bonchev–Trinajstić information content (AvgIpc) is 3.06. The van der Waals surface area contributed by atoms with Crippen molar-refractivity contribution in [3.63, 3.8) is 0 Å². The SMILES string of the molecule is CNC(=N)NCCC[C@H](NCCNC(=O)c1ccc2ccccc2c1)C(=O)N(C)CC(c1ccccc1)c1ccccc1. The highest BCUT2D eigenvalue weighted by molar-refractivity contribution is 5.98. The molecule has 5 N–H and O–H groups in total. The summed E-state index contributed by atoms with van der Waals surface area (Å²) in [5, 5.41) is 22.0. The number of nitrogens with one attached hydrogen (secondary N) is 5. The summed E-state index contributed by atoms with van der Waals surface area (Å²) in [6.07, 6.45) is 1.29. The van der Waals surface area contributed by atoms with Crippen molar-refractivity contribution in [3.05, 3.63) is 120 Å². The van der Waals surface area contributed by atoms with E-state index in [0.717, 1.165) is 21.9 Å². The molecule has 0 aromatic heterocycles. The predicted molar refractivity (Wildman–Crippen MR) is 174 cm³/mol. The van der Waals surface area contributed by atoms with Gasteiger partial charge in [-0.05, 0) is 46.9 Å². The molecule has 0 spiro atoms. The number of guanidine groups is 1. The highest BCUT2D eigenvalue weighted by atomic mass is 16.2. The van der Waals surface area contributed by atoms with Gasteiger partial charge in [-0.1, -0.05) is 91.0 Å². The third kappa shape index (κ3) is 9.15. The third-order valence-electron chi connectivity index (χ3n) is 7.57. The number of likely N-dealkylation sites (N-methyl/N-ethyl adjacent to an activating group) is 1. The maximum absolute atomic E-state index is 13.8. The van der Waals surface area contributed by atoms with Gasteiger partial charge >= 0.3 is 0 Å². The molecule has 4 aromatic rings. The lowest BCUT2D eigenvalue weighted by molar-refractivity contribution is -0.132. The number of carbonyl (C=O) groups is 2. The van der Waals surface area contributed by atoms with Crippen molar-refractivity contribution in [2.45, 2.75) is 24.8 Å². The minimum Gasteiger partial charge on any atom is -0.360 e. The first kappa shape index (κ1) is 31.3. The zero-order valence-electron chi connectivity index (χ0n) is 25.0. The van der Waals surface area contributed by atoms with Crippen molar-refractivity contribution in [3.8, 4) is 0 Å². The van der Waals surface area contributed by atoms with E-state index in [4.69, 9.17) is 5.41 Å². The second-order valence-corrected chi connectivity index (χ2v) is 10.6. The fraction of sp³-hybridized carbons (Fsp3) is 0.286. The molecule has 0 saturated heterocycles. The Morgan fingerprint density at radius 1 is 0.767 bits per heavy atom. The molecule has 0 unspecified atom stereocenters. The van der Waals surface area contributed by atoms with Gasteiger partial charge in [0.1, 0.15) is 0 Å². The highest BCUT2D eigenvalue weighted by Crippen LogP contribution is 2.25. The molecular formula is C35H42N6O2. The Kier molecular flexibility index (Phi) is 11.7. The first-order chi connectivity index (χ1) is 21.0. The number of nitrogens with zero attached hydrogens (tertiary/aromatic N) is 1. The summed E-state index contributed by atoms with van der Waals surface area (Å²) in [4.78, 5) is 28.4. The molecule has 4 rings (SSSR count). The molecule has 0 fully saturated rings. The van der Waals surface area contributed by atoms with Crippen LogP contribution >= 0.6 is 0 Å². The Morgan fingerprint density at radius 2 is 1.40 bits per heavy atom. The van der Waals surface area contributed by atoms with Crippen LogP contribution in [0, 0.1) is 5.41 Å². The normalized spacial score (nSPS) is 11.6. The van der Waals surface area contributed by atoms with E-state index in [9.17, 15) is 9.59 Å². The van der Waals surface area contributed by atoms with E-state index in [1.165, 1.54) is 0 Å². The fourth-order valence-electron chi connectivity index (χ4n) is 5.18. The van der Waals surface area contributed by atoms with E-state index in [0.29, 0.717) is 44.6 Å². The zero-order valence-corrected chi connectivity index (χ0v) is 25.0. The molecule has 224 valence electrons. The Labute approximate surface area is 254 Å². The molecule has 0 bridgehead atoms. The molecule has 0 radical (unpaired) electrons. The summed E-state index contributed by atoms with van der Waals surface area (Å²) in [5.41, 5.74) is 2.92. The van der Waals surface area contributed by atoms with Gasteiger partial charge in [0.2, 0.25) is 5.91 Å². The van der Waals surface area contributed by atoms with Crippen molar-refractivity contribution < 1.29 is 9.59 Å². The smallest absolute Gasteiger partial charge is 0.251 e. The standard InChI is InChI=1S/C35H42N6O2/c1-37-35(36)40-21-11-18-32(38-22-23-39-33(42)30-20-19-26-12-9-10-17-29(26)24-30)34(43)41(2)25-31(27-13-5-3-6-14-27)28-15-7-4-8-16-28/h3-10,12-17,19-20,24,31-32,38H,11,18,21-23,25H2,1-2H3,(H,39,42)(H3,36,37,40)/t32-/m0/s1. The molecule has 0 saturated carbocycles. The average molecular weight is 579 g/mol. The number of hydrogen-bond acceptors (Lipinski definition) is 4. The van der Waals surface area contributed by atoms with Gasteiger partial charge < -0.3 is 26.2 Å². The molecule has 0 aliphatic rings. The summed E-state index contributed by atoms with van der Waals surface area (Å²) in [6.45, 7) is 1.94. The van der Waals surface area contributed by atoms with Gasteiger partial charge in [-0.15, -0.1) is 0 Å². The zero-order chi connectivity index (χ0) is 30.4. The Balaban J connectivity index is 1.38.